The van der Waals surface area contributed by atoms with Gasteiger partial charge in [-0.05, 0) is 48.9 Å². The van der Waals surface area contributed by atoms with Crippen molar-refractivity contribution in [1.82, 2.24) is 9.97 Å². The molecule has 4 nitrogen and oxygen atoms in total. The molecule has 0 atom stereocenters. The molecule has 0 saturated carbocycles. The van der Waals surface area contributed by atoms with E-state index in [0.29, 0.717) is 13.0 Å². The van der Waals surface area contributed by atoms with Gasteiger partial charge in [-0.3, -0.25) is 14.7 Å². The summed E-state index contributed by atoms with van der Waals surface area (Å²) in [5.74, 6) is 0.790. The average Bonchev–Trinajstić information content (AvgIpc) is 3.17. The molecule has 4 rings (SSSR count). The third-order valence-electron chi connectivity index (χ3n) is 4.54. The van der Waals surface area contributed by atoms with E-state index in [1.165, 1.54) is 21.8 Å². The maximum absolute atomic E-state index is 13.2. The number of thioether (sulfide) groups is 1. The van der Waals surface area contributed by atoms with Gasteiger partial charge >= 0.3 is 0 Å². The molecule has 0 aliphatic heterocycles. The molecule has 2 heterocycles. The molecule has 0 bridgehead atoms. The van der Waals surface area contributed by atoms with Gasteiger partial charge in [0.1, 0.15) is 0 Å². The zero-order valence-electron chi connectivity index (χ0n) is 16.4. The lowest BCUT2D eigenvalue weighted by Crippen LogP contribution is -2.30. The molecule has 4 aromatic rings. The first-order valence-corrected chi connectivity index (χ1v) is 12.1. The number of aryl methyl sites for hydroxylation is 1. The highest BCUT2D eigenvalue weighted by molar-refractivity contribution is 9.10. The van der Waals surface area contributed by atoms with Crippen molar-refractivity contribution in [2.75, 3.05) is 10.7 Å². The minimum absolute atomic E-state index is 0.0663. The molecule has 0 aliphatic rings. The first-order chi connectivity index (χ1) is 14.6. The highest BCUT2D eigenvalue weighted by Crippen LogP contribution is 2.32. The van der Waals surface area contributed by atoms with E-state index in [9.17, 15) is 4.79 Å². The summed E-state index contributed by atoms with van der Waals surface area (Å²) in [5, 5.41) is 0.720. The second-order valence-electron chi connectivity index (χ2n) is 6.86. The van der Waals surface area contributed by atoms with E-state index in [4.69, 9.17) is 4.98 Å². The minimum atomic E-state index is 0.0663. The second kappa shape index (κ2) is 9.73. The lowest BCUT2D eigenvalue weighted by atomic mass is 10.2. The number of rotatable bonds is 7. The van der Waals surface area contributed by atoms with Gasteiger partial charge in [0.05, 0.1) is 16.8 Å². The van der Waals surface area contributed by atoms with Crippen LogP contribution in [0.5, 0.6) is 0 Å². The molecule has 0 spiro atoms. The van der Waals surface area contributed by atoms with Crippen LogP contribution in [-0.4, -0.2) is 21.6 Å². The van der Waals surface area contributed by atoms with Crippen LogP contribution >= 0.6 is 39.0 Å². The van der Waals surface area contributed by atoms with Crippen molar-refractivity contribution in [3.05, 3.63) is 82.6 Å². The maximum atomic E-state index is 13.2. The number of benzene rings is 2. The molecule has 2 aromatic carbocycles. The number of thiazole rings is 1. The number of anilines is 1. The van der Waals surface area contributed by atoms with Crippen LogP contribution in [0.15, 0.2) is 76.4 Å². The Morgan fingerprint density at radius 2 is 2.00 bits per heavy atom. The fraction of sp³-hybridized carbons (Fsp3) is 0.174. The van der Waals surface area contributed by atoms with Crippen molar-refractivity contribution >= 4 is 60.3 Å². The van der Waals surface area contributed by atoms with Crippen molar-refractivity contribution in [1.29, 1.82) is 0 Å². The van der Waals surface area contributed by atoms with Gasteiger partial charge < -0.3 is 0 Å². The van der Waals surface area contributed by atoms with Crippen molar-refractivity contribution in [2.45, 2.75) is 24.8 Å². The Morgan fingerprint density at radius 3 is 2.77 bits per heavy atom. The number of fused-ring (bicyclic) bond motifs is 1. The summed E-state index contributed by atoms with van der Waals surface area (Å²) in [7, 11) is 0. The number of hydrogen-bond acceptors (Lipinski definition) is 5. The standard InChI is InChI=1S/C23H20BrN3OS2/c1-16-4-7-19(8-5-16)29-12-10-22(28)27(15-17-3-2-11-25-14-17)23-26-20-9-6-18(24)13-21(20)30-23/h2-9,11,13-14H,10,12,15H2,1H3. The molecular formula is C23H20BrN3OS2. The van der Waals surface area contributed by atoms with Crippen LogP contribution in [-0.2, 0) is 11.3 Å². The molecule has 0 saturated heterocycles. The Hall–Kier alpha value is -2.22. The predicted molar refractivity (Wildman–Crippen MR) is 129 cm³/mol. The largest absolute Gasteiger partial charge is 0.284 e. The zero-order chi connectivity index (χ0) is 20.9. The van der Waals surface area contributed by atoms with Gasteiger partial charge in [0, 0.05) is 33.9 Å². The van der Waals surface area contributed by atoms with Crippen molar-refractivity contribution in [3.63, 3.8) is 0 Å². The molecule has 0 N–H and O–H groups in total. The van der Waals surface area contributed by atoms with Crippen molar-refractivity contribution in [3.8, 4) is 0 Å². The third kappa shape index (κ3) is 5.28. The summed E-state index contributed by atoms with van der Waals surface area (Å²) in [6, 6.07) is 18.2. The van der Waals surface area contributed by atoms with Crippen LogP contribution < -0.4 is 4.90 Å². The quantitative estimate of drug-likeness (QED) is 0.274. The number of amides is 1. The number of halogens is 1. The van der Waals surface area contributed by atoms with Gasteiger partial charge in [-0.15, -0.1) is 11.8 Å². The van der Waals surface area contributed by atoms with E-state index < -0.39 is 0 Å². The number of aromatic nitrogens is 2. The minimum Gasteiger partial charge on any atom is -0.284 e. The maximum Gasteiger partial charge on any atom is 0.229 e. The van der Waals surface area contributed by atoms with Crippen LogP contribution in [0.2, 0.25) is 0 Å². The summed E-state index contributed by atoms with van der Waals surface area (Å²) in [6.07, 6.45) is 3.98. The third-order valence-corrected chi connectivity index (χ3v) is 7.09. The normalized spacial score (nSPS) is 11.0. The van der Waals surface area contributed by atoms with Gasteiger partial charge in [-0.2, -0.15) is 0 Å². The topological polar surface area (TPSA) is 46.1 Å². The van der Waals surface area contributed by atoms with Gasteiger partial charge in [-0.25, -0.2) is 4.98 Å². The number of pyridine rings is 1. The Morgan fingerprint density at radius 1 is 1.17 bits per heavy atom. The second-order valence-corrected chi connectivity index (χ2v) is 9.95. The van der Waals surface area contributed by atoms with Crippen LogP contribution in [0.1, 0.15) is 17.5 Å². The number of hydrogen-bond donors (Lipinski definition) is 0. The molecule has 152 valence electrons. The first kappa shape index (κ1) is 21.0. The van der Waals surface area contributed by atoms with E-state index >= 15 is 0 Å². The van der Waals surface area contributed by atoms with E-state index in [1.54, 1.807) is 29.1 Å². The Balaban J connectivity index is 1.52. The molecule has 0 unspecified atom stereocenters. The first-order valence-electron chi connectivity index (χ1n) is 9.53. The van der Waals surface area contributed by atoms with E-state index in [-0.39, 0.29) is 5.91 Å². The van der Waals surface area contributed by atoms with Crippen molar-refractivity contribution in [2.24, 2.45) is 0 Å². The molecule has 7 heteroatoms. The van der Waals surface area contributed by atoms with Crippen molar-refractivity contribution < 1.29 is 4.79 Å². The summed E-state index contributed by atoms with van der Waals surface area (Å²) in [5.41, 5.74) is 3.12. The van der Waals surface area contributed by atoms with Crippen LogP contribution in [0.25, 0.3) is 10.2 Å². The highest BCUT2D eigenvalue weighted by atomic mass is 79.9. The van der Waals surface area contributed by atoms with Gasteiger partial charge in [-0.1, -0.05) is 51.0 Å². The SMILES string of the molecule is Cc1ccc(SCCC(=O)N(Cc2cccnc2)c2nc3ccc(Br)cc3s2)cc1. The summed E-state index contributed by atoms with van der Waals surface area (Å²) in [4.78, 5) is 25.1. The number of carbonyl (C=O) groups is 1. The molecule has 30 heavy (non-hydrogen) atoms. The average molecular weight is 498 g/mol. The molecule has 0 fully saturated rings. The smallest absolute Gasteiger partial charge is 0.229 e. The van der Waals surface area contributed by atoms with Crippen LogP contribution in [0.4, 0.5) is 5.13 Å². The van der Waals surface area contributed by atoms with Gasteiger partial charge in [0.15, 0.2) is 5.13 Å². The summed E-state index contributed by atoms with van der Waals surface area (Å²) >= 11 is 6.75. The fourth-order valence-corrected chi connectivity index (χ4v) is 5.34. The Labute approximate surface area is 192 Å². The van der Waals surface area contributed by atoms with E-state index in [2.05, 4.69) is 52.1 Å². The van der Waals surface area contributed by atoms with Crippen LogP contribution in [0.3, 0.4) is 0 Å². The number of carbonyl (C=O) groups excluding carboxylic acids is 1. The fourth-order valence-electron chi connectivity index (χ4n) is 2.96. The lowest BCUT2D eigenvalue weighted by molar-refractivity contribution is -0.118. The van der Waals surface area contributed by atoms with Gasteiger partial charge in [0.25, 0.3) is 0 Å². The lowest BCUT2D eigenvalue weighted by Gasteiger charge is -2.20. The molecule has 2 aromatic heterocycles. The number of nitrogens with zero attached hydrogens (tertiary/aromatic N) is 3. The zero-order valence-corrected chi connectivity index (χ0v) is 19.6. The monoisotopic (exact) mass is 497 g/mol. The van der Waals surface area contributed by atoms with E-state index in [0.717, 1.165) is 31.1 Å². The Bertz CT molecular complexity index is 1150. The van der Waals surface area contributed by atoms with Crippen LogP contribution in [0, 0.1) is 6.92 Å². The molecule has 0 aliphatic carbocycles. The molecule has 0 radical (unpaired) electrons. The van der Waals surface area contributed by atoms with E-state index in [1.807, 2.05) is 30.3 Å². The molecular weight excluding hydrogens is 478 g/mol. The summed E-state index contributed by atoms with van der Waals surface area (Å²) < 4.78 is 2.06. The summed E-state index contributed by atoms with van der Waals surface area (Å²) in [6.45, 7) is 2.54. The highest BCUT2D eigenvalue weighted by Gasteiger charge is 2.20. The van der Waals surface area contributed by atoms with Gasteiger partial charge in [0.2, 0.25) is 5.91 Å². The Kier molecular flexibility index (Phi) is 6.82. The predicted octanol–water partition coefficient (Wildman–Crippen LogP) is 6.48. The molecule has 1 amide bonds.